The van der Waals surface area contributed by atoms with Crippen LogP contribution in [0.1, 0.15) is 11.1 Å². The summed E-state index contributed by atoms with van der Waals surface area (Å²) in [4.78, 5) is 12.8. The van der Waals surface area contributed by atoms with Crippen LogP contribution >= 0.6 is 23.2 Å². The number of carbonyl (C=O) groups excluding carboxylic acids is 1. The Labute approximate surface area is 173 Å². The van der Waals surface area contributed by atoms with Gasteiger partial charge in [0.05, 0.1) is 0 Å². The monoisotopic (exact) mass is 416 g/mol. The number of ether oxygens (including phenoxy) is 2. The van der Waals surface area contributed by atoms with E-state index in [0.717, 1.165) is 5.56 Å². The van der Waals surface area contributed by atoms with Crippen molar-refractivity contribution in [2.45, 2.75) is 18.1 Å². The van der Waals surface area contributed by atoms with Crippen LogP contribution in [0.2, 0.25) is 5.02 Å². The summed E-state index contributed by atoms with van der Waals surface area (Å²) in [6, 6.07) is 22.5. The van der Waals surface area contributed by atoms with Gasteiger partial charge >= 0.3 is 5.97 Å². The molecule has 1 N–H and O–H groups in total. The van der Waals surface area contributed by atoms with Crippen molar-refractivity contribution >= 4 is 29.2 Å². The highest BCUT2D eigenvalue weighted by Gasteiger charge is 2.42. The average molecular weight is 417 g/mol. The summed E-state index contributed by atoms with van der Waals surface area (Å²) in [6.07, 6.45) is -0.135. The minimum Gasteiger partial charge on any atom is -0.508 e. The SMILES string of the molecule is O=C(OCc1ccccc1)C(Cl)(Cc1cc(Cl)ccc1O)Oc1ccccc1. The molecule has 0 bridgehead atoms. The normalized spacial score (nSPS) is 12.8. The number of hydrogen-bond acceptors (Lipinski definition) is 4. The minimum absolute atomic E-state index is 0.0399. The molecule has 0 aliphatic carbocycles. The van der Waals surface area contributed by atoms with Crippen molar-refractivity contribution in [1.82, 2.24) is 0 Å². The van der Waals surface area contributed by atoms with Crippen LogP contribution in [0.3, 0.4) is 0 Å². The number of aromatic hydroxyl groups is 1. The summed E-state index contributed by atoms with van der Waals surface area (Å²) < 4.78 is 11.2. The highest BCUT2D eigenvalue weighted by molar-refractivity contribution is 6.33. The van der Waals surface area contributed by atoms with E-state index in [2.05, 4.69) is 0 Å². The number of carbonyl (C=O) groups is 1. The molecule has 0 fully saturated rings. The van der Waals surface area contributed by atoms with Crippen molar-refractivity contribution in [2.24, 2.45) is 0 Å². The molecule has 0 amide bonds. The summed E-state index contributed by atoms with van der Waals surface area (Å²) in [6.45, 7) is 0.0494. The first-order chi connectivity index (χ1) is 13.5. The lowest BCUT2D eigenvalue weighted by Gasteiger charge is -2.26. The third-order valence-electron chi connectivity index (χ3n) is 4.00. The molecular weight excluding hydrogens is 399 g/mol. The van der Waals surface area contributed by atoms with Gasteiger partial charge in [-0.05, 0) is 35.9 Å². The van der Waals surface area contributed by atoms with Crippen molar-refractivity contribution in [3.63, 3.8) is 0 Å². The van der Waals surface area contributed by atoms with E-state index in [9.17, 15) is 9.90 Å². The quantitative estimate of drug-likeness (QED) is 0.416. The molecule has 0 aromatic heterocycles. The fraction of sp³-hybridized carbons (Fsp3) is 0.136. The molecule has 1 atom stereocenters. The van der Waals surface area contributed by atoms with E-state index in [1.54, 1.807) is 30.3 Å². The molecule has 0 spiro atoms. The maximum absolute atomic E-state index is 12.8. The number of phenolic OH excluding ortho intramolecular Hbond substituents is 1. The topological polar surface area (TPSA) is 55.8 Å². The second kappa shape index (κ2) is 9.00. The molecule has 144 valence electrons. The Morgan fingerprint density at radius 1 is 0.964 bits per heavy atom. The van der Waals surface area contributed by atoms with E-state index in [1.165, 1.54) is 12.1 Å². The van der Waals surface area contributed by atoms with Gasteiger partial charge in [-0.1, -0.05) is 71.7 Å². The van der Waals surface area contributed by atoms with E-state index in [-0.39, 0.29) is 18.8 Å². The summed E-state index contributed by atoms with van der Waals surface area (Å²) in [7, 11) is 0. The Hall–Kier alpha value is -2.69. The number of phenols is 1. The van der Waals surface area contributed by atoms with Crippen molar-refractivity contribution in [3.05, 3.63) is 95.0 Å². The minimum atomic E-state index is -1.88. The van der Waals surface area contributed by atoms with E-state index < -0.39 is 11.0 Å². The fourth-order valence-corrected chi connectivity index (χ4v) is 3.08. The summed E-state index contributed by atoms with van der Waals surface area (Å²) in [5.74, 6) is -0.404. The smallest absolute Gasteiger partial charge is 0.367 e. The standard InChI is InChI=1S/C22H18Cl2O4/c23-18-11-12-20(25)17(13-18)14-22(24,28-19-9-5-2-6-10-19)21(26)27-15-16-7-3-1-4-8-16/h1-13,25H,14-15H2. The number of hydrogen-bond donors (Lipinski definition) is 1. The third kappa shape index (κ3) is 5.18. The second-order valence-corrected chi connectivity index (χ2v) is 7.20. The van der Waals surface area contributed by atoms with E-state index in [4.69, 9.17) is 32.7 Å². The highest BCUT2D eigenvalue weighted by Crippen LogP contribution is 2.32. The first-order valence-corrected chi connectivity index (χ1v) is 9.33. The Morgan fingerprint density at radius 2 is 1.61 bits per heavy atom. The van der Waals surface area contributed by atoms with Gasteiger partial charge in [-0.25, -0.2) is 4.79 Å². The van der Waals surface area contributed by atoms with Crippen molar-refractivity contribution in [1.29, 1.82) is 0 Å². The zero-order valence-corrected chi connectivity index (χ0v) is 16.4. The highest BCUT2D eigenvalue weighted by atomic mass is 35.5. The molecule has 0 saturated carbocycles. The number of para-hydroxylation sites is 1. The first kappa shape index (κ1) is 20.1. The molecule has 4 nitrogen and oxygen atoms in total. The third-order valence-corrected chi connectivity index (χ3v) is 4.60. The van der Waals surface area contributed by atoms with Crippen LogP contribution in [0.15, 0.2) is 78.9 Å². The molecule has 3 aromatic rings. The maximum Gasteiger partial charge on any atom is 0.367 e. The summed E-state index contributed by atoms with van der Waals surface area (Å²) >= 11 is 12.6. The summed E-state index contributed by atoms with van der Waals surface area (Å²) in [5, 5.41) is 8.66. The zero-order chi connectivity index (χ0) is 20.0. The fourth-order valence-electron chi connectivity index (χ4n) is 2.60. The van der Waals surface area contributed by atoms with Gasteiger partial charge in [0.2, 0.25) is 0 Å². The van der Waals surface area contributed by atoms with Crippen LogP contribution in [0.5, 0.6) is 11.5 Å². The Morgan fingerprint density at radius 3 is 2.29 bits per heavy atom. The zero-order valence-electron chi connectivity index (χ0n) is 14.8. The van der Waals surface area contributed by atoms with E-state index >= 15 is 0 Å². The molecule has 0 saturated heterocycles. The molecule has 3 aromatic carbocycles. The molecule has 3 rings (SSSR count). The maximum atomic E-state index is 12.8. The molecule has 0 aliphatic rings. The predicted octanol–water partition coefficient (Wildman–Crippen LogP) is 5.35. The van der Waals surface area contributed by atoms with Crippen LogP contribution in [-0.4, -0.2) is 16.1 Å². The molecule has 0 aliphatic heterocycles. The number of halogens is 2. The van der Waals surface area contributed by atoms with Crippen LogP contribution in [0.4, 0.5) is 0 Å². The van der Waals surface area contributed by atoms with Crippen molar-refractivity contribution < 1.29 is 19.4 Å². The van der Waals surface area contributed by atoms with Gasteiger partial charge in [-0.3, -0.25) is 0 Å². The molecule has 0 heterocycles. The van der Waals surface area contributed by atoms with Gasteiger partial charge in [0, 0.05) is 17.0 Å². The Kier molecular flexibility index (Phi) is 6.45. The number of benzene rings is 3. The van der Waals surface area contributed by atoms with Crippen LogP contribution < -0.4 is 4.74 Å². The average Bonchev–Trinajstić information content (AvgIpc) is 2.70. The largest absolute Gasteiger partial charge is 0.508 e. The molecule has 28 heavy (non-hydrogen) atoms. The van der Waals surface area contributed by atoms with Gasteiger partial charge in [0.1, 0.15) is 18.1 Å². The van der Waals surface area contributed by atoms with Gasteiger partial charge in [0.25, 0.3) is 5.06 Å². The van der Waals surface area contributed by atoms with Crippen molar-refractivity contribution in [3.8, 4) is 11.5 Å². The molecule has 0 radical (unpaired) electrons. The van der Waals surface area contributed by atoms with Crippen LogP contribution in [0.25, 0.3) is 0 Å². The number of esters is 1. The van der Waals surface area contributed by atoms with E-state index in [1.807, 2.05) is 36.4 Å². The van der Waals surface area contributed by atoms with Crippen LogP contribution in [-0.2, 0) is 22.6 Å². The predicted molar refractivity (Wildman–Crippen MR) is 109 cm³/mol. The van der Waals surface area contributed by atoms with Gasteiger partial charge in [-0.15, -0.1) is 0 Å². The Bertz CT molecular complexity index is 932. The Balaban J connectivity index is 1.84. The first-order valence-electron chi connectivity index (χ1n) is 8.58. The number of rotatable bonds is 7. The van der Waals surface area contributed by atoms with Crippen molar-refractivity contribution in [2.75, 3.05) is 0 Å². The molecule has 1 unspecified atom stereocenters. The van der Waals surface area contributed by atoms with Crippen LogP contribution in [0, 0.1) is 0 Å². The lowest BCUT2D eigenvalue weighted by atomic mass is 10.1. The lowest BCUT2D eigenvalue weighted by molar-refractivity contribution is -0.156. The van der Waals surface area contributed by atoms with Gasteiger partial charge < -0.3 is 14.6 Å². The second-order valence-electron chi connectivity index (χ2n) is 6.16. The molecular formula is C22H18Cl2O4. The lowest BCUT2D eigenvalue weighted by Crippen LogP contribution is -2.42. The van der Waals surface area contributed by atoms with Gasteiger partial charge in [0.15, 0.2) is 0 Å². The number of alkyl halides is 1. The van der Waals surface area contributed by atoms with Gasteiger partial charge in [-0.2, -0.15) is 0 Å². The summed E-state index contributed by atoms with van der Waals surface area (Å²) in [5.41, 5.74) is 1.19. The molecule has 6 heteroatoms. The van der Waals surface area contributed by atoms with E-state index in [0.29, 0.717) is 16.3 Å².